The van der Waals surface area contributed by atoms with Crippen LogP contribution in [0.1, 0.15) is 0 Å². The molecule has 0 amide bonds. The summed E-state index contributed by atoms with van der Waals surface area (Å²) >= 11 is 0. The monoisotopic (exact) mass is 183 g/mol. The number of likely N-dealkylation sites (N-methyl/N-ethyl adjacent to an activating group) is 1. The van der Waals surface area contributed by atoms with Gasteiger partial charge in [-0.25, -0.2) is 8.42 Å². The molecule has 0 aliphatic rings. The fourth-order valence-corrected chi connectivity index (χ4v) is 0.692. The molecule has 0 saturated carbocycles. The summed E-state index contributed by atoms with van der Waals surface area (Å²) in [6, 6.07) is 0. The van der Waals surface area contributed by atoms with Gasteiger partial charge in [-0.05, 0) is 0 Å². The van der Waals surface area contributed by atoms with Crippen molar-refractivity contribution >= 4 is 10.4 Å². The predicted molar refractivity (Wildman–Crippen MR) is 38.5 cm³/mol. The number of rotatable bonds is 4. The molecule has 6 heteroatoms. The lowest BCUT2D eigenvalue weighted by Crippen LogP contribution is -2.37. The van der Waals surface area contributed by atoms with Crippen molar-refractivity contribution in [1.82, 2.24) is 0 Å². The van der Waals surface area contributed by atoms with E-state index in [1.54, 1.807) is 0 Å². The van der Waals surface area contributed by atoms with E-state index in [0.29, 0.717) is 11.0 Å². The molecule has 0 aromatic carbocycles. The summed E-state index contributed by atoms with van der Waals surface area (Å²) in [5, 5.41) is 0. The minimum Gasteiger partial charge on any atom is -0.726 e. The van der Waals surface area contributed by atoms with E-state index in [2.05, 4.69) is 4.18 Å². The molecule has 0 aliphatic heterocycles. The third-order valence-corrected chi connectivity index (χ3v) is 1.45. The molecule has 0 N–H and O–H groups in total. The van der Waals surface area contributed by atoms with Crippen LogP contribution in [0.5, 0.6) is 0 Å². The first-order valence-corrected chi connectivity index (χ1v) is 4.45. The van der Waals surface area contributed by atoms with E-state index < -0.39 is 10.4 Å². The second-order valence-corrected chi connectivity index (χ2v) is 4.30. The number of hydrogen-bond acceptors (Lipinski definition) is 4. The lowest BCUT2D eigenvalue weighted by atomic mass is 10.5. The molecule has 0 radical (unpaired) electrons. The van der Waals surface area contributed by atoms with Gasteiger partial charge in [0.1, 0.15) is 13.2 Å². The Labute approximate surface area is 67.1 Å². The lowest BCUT2D eigenvalue weighted by Gasteiger charge is -2.23. The Kier molecular flexibility index (Phi) is 3.43. The Morgan fingerprint density at radius 3 is 2.09 bits per heavy atom. The summed E-state index contributed by atoms with van der Waals surface area (Å²) in [5.41, 5.74) is 0. The largest absolute Gasteiger partial charge is 0.726 e. The van der Waals surface area contributed by atoms with Crippen molar-refractivity contribution < 1.29 is 21.6 Å². The predicted octanol–water partition coefficient (Wildman–Crippen LogP) is -0.831. The fourth-order valence-electron chi connectivity index (χ4n) is 0.413. The van der Waals surface area contributed by atoms with Gasteiger partial charge in [-0.1, -0.05) is 0 Å². The highest BCUT2D eigenvalue weighted by Crippen LogP contribution is 1.91. The molecule has 68 valence electrons. The van der Waals surface area contributed by atoms with Gasteiger partial charge >= 0.3 is 0 Å². The molecule has 0 aromatic heterocycles. The Morgan fingerprint density at radius 1 is 1.36 bits per heavy atom. The second-order valence-electron chi connectivity index (χ2n) is 3.24. The molecule has 5 nitrogen and oxygen atoms in total. The highest BCUT2D eigenvalue weighted by Gasteiger charge is 2.06. The van der Waals surface area contributed by atoms with Crippen molar-refractivity contribution in [2.24, 2.45) is 0 Å². The zero-order valence-electron chi connectivity index (χ0n) is 6.90. The summed E-state index contributed by atoms with van der Waals surface area (Å²) in [4.78, 5) is 0. The van der Waals surface area contributed by atoms with Crippen molar-refractivity contribution in [3.63, 3.8) is 0 Å². The Morgan fingerprint density at radius 2 is 1.82 bits per heavy atom. The zero-order valence-corrected chi connectivity index (χ0v) is 7.72. The van der Waals surface area contributed by atoms with Crippen LogP contribution in [-0.2, 0) is 14.6 Å². The van der Waals surface area contributed by atoms with Gasteiger partial charge in [0, 0.05) is 0 Å². The van der Waals surface area contributed by atoms with E-state index in [4.69, 9.17) is 0 Å². The van der Waals surface area contributed by atoms with Gasteiger partial charge in [0.25, 0.3) is 0 Å². The van der Waals surface area contributed by atoms with Gasteiger partial charge in [0.2, 0.25) is 10.4 Å². The minimum absolute atomic E-state index is 0.0602. The summed E-state index contributed by atoms with van der Waals surface area (Å²) in [7, 11) is 1.12. The lowest BCUT2D eigenvalue weighted by molar-refractivity contribution is -0.870. The van der Waals surface area contributed by atoms with Crippen LogP contribution in [0.3, 0.4) is 0 Å². The third kappa shape index (κ3) is 9.83. The molecular weight excluding hydrogens is 170 g/mol. The Balaban J connectivity index is 3.61. The van der Waals surface area contributed by atoms with Crippen LogP contribution in [-0.4, -0.2) is 51.7 Å². The van der Waals surface area contributed by atoms with Crippen LogP contribution in [0, 0.1) is 0 Å². The van der Waals surface area contributed by atoms with E-state index in [9.17, 15) is 13.0 Å². The molecule has 0 aliphatic carbocycles. The van der Waals surface area contributed by atoms with Gasteiger partial charge in [0.15, 0.2) is 0 Å². The first kappa shape index (κ1) is 10.8. The maximum absolute atomic E-state index is 9.93. The number of quaternary nitrogens is 1. The van der Waals surface area contributed by atoms with Crippen LogP contribution in [0.25, 0.3) is 0 Å². The van der Waals surface area contributed by atoms with E-state index in [1.807, 2.05) is 21.1 Å². The van der Waals surface area contributed by atoms with Crippen LogP contribution in [0.15, 0.2) is 0 Å². The maximum atomic E-state index is 9.93. The van der Waals surface area contributed by atoms with Gasteiger partial charge in [-0.3, -0.25) is 4.18 Å². The number of nitrogens with zero attached hydrogens (tertiary/aromatic N) is 1. The van der Waals surface area contributed by atoms with Crippen LogP contribution in [0.4, 0.5) is 0 Å². The second kappa shape index (κ2) is 3.48. The van der Waals surface area contributed by atoms with Crippen molar-refractivity contribution in [3.05, 3.63) is 0 Å². The first-order valence-electron chi connectivity index (χ1n) is 3.11. The molecule has 0 aromatic rings. The summed E-state index contributed by atoms with van der Waals surface area (Å²) in [6.45, 7) is 0.427. The van der Waals surface area contributed by atoms with Crippen molar-refractivity contribution in [3.8, 4) is 0 Å². The van der Waals surface area contributed by atoms with Gasteiger partial charge in [-0.2, -0.15) is 0 Å². The molecule has 0 fully saturated rings. The van der Waals surface area contributed by atoms with Crippen LogP contribution in [0.2, 0.25) is 0 Å². The first-order chi connectivity index (χ1) is 4.71. The smallest absolute Gasteiger partial charge is 0.217 e. The molecule has 11 heavy (non-hydrogen) atoms. The highest BCUT2D eigenvalue weighted by atomic mass is 32.3. The topological polar surface area (TPSA) is 66.4 Å². The molecular formula is C5H13NO4S. The van der Waals surface area contributed by atoms with Gasteiger partial charge < -0.3 is 9.04 Å². The zero-order chi connectivity index (χ0) is 9.12. The molecule has 0 heterocycles. The van der Waals surface area contributed by atoms with E-state index in [-0.39, 0.29) is 6.61 Å². The summed E-state index contributed by atoms with van der Waals surface area (Å²) in [6.07, 6.45) is 0. The quantitative estimate of drug-likeness (QED) is 0.324. The molecule has 0 spiro atoms. The standard InChI is InChI=1S/C5H13NO4S/c1-6(2,3)4-5-10-11(7,8)9/h4-5H2,1-3H3. The van der Waals surface area contributed by atoms with Crippen molar-refractivity contribution in [2.75, 3.05) is 34.3 Å². The molecule has 0 atom stereocenters. The summed E-state index contributed by atoms with van der Waals surface area (Å²) < 4.78 is 34.4. The third-order valence-electron chi connectivity index (χ3n) is 0.990. The molecule has 0 rings (SSSR count). The van der Waals surface area contributed by atoms with Crippen LogP contribution < -0.4 is 0 Å². The maximum Gasteiger partial charge on any atom is 0.217 e. The Hall–Kier alpha value is -0.170. The number of hydrogen-bond donors (Lipinski definition) is 0. The molecule has 0 bridgehead atoms. The van der Waals surface area contributed by atoms with E-state index in [0.717, 1.165) is 0 Å². The van der Waals surface area contributed by atoms with E-state index in [1.165, 1.54) is 0 Å². The Bertz CT molecular complexity index is 203. The van der Waals surface area contributed by atoms with Crippen molar-refractivity contribution in [1.29, 1.82) is 0 Å². The average Bonchev–Trinajstić information content (AvgIpc) is 1.55. The fraction of sp³-hybridized carbons (Fsp3) is 1.00. The molecule has 0 unspecified atom stereocenters. The van der Waals surface area contributed by atoms with Crippen LogP contribution >= 0.6 is 0 Å². The van der Waals surface area contributed by atoms with Crippen molar-refractivity contribution in [2.45, 2.75) is 0 Å². The average molecular weight is 183 g/mol. The van der Waals surface area contributed by atoms with Gasteiger partial charge in [-0.15, -0.1) is 0 Å². The summed E-state index contributed by atoms with van der Waals surface area (Å²) in [5.74, 6) is 0. The normalized spacial score (nSPS) is 13.5. The minimum atomic E-state index is -4.51. The SMILES string of the molecule is C[N+](C)(C)CCOS(=O)(=O)[O-]. The molecule has 0 saturated heterocycles. The van der Waals surface area contributed by atoms with Gasteiger partial charge in [0.05, 0.1) is 21.1 Å². The van der Waals surface area contributed by atoms with E-state index >= 15 is 0 Å². The highest BCUT2D eigenvalue weighted by molar-refractivity contribution is 7.80.